The second kappa shape index (κ2) is 4.77. The zero-order chi connectivity index (χ0) is 14.4. The van der Waals surface area contributed by atoms with Crippen LogP contribution in [0.5, 0.6) is 5.75 Å². The number of ether oxygens (including phenoxy) is 1. The van der Waals surface area contributed by atoms with Crippen molar-refractivity contribution >= 4 is 5.82 Å². The normalized spacial score (nSPS) is 20.3. The van der Waals surface area contributed by atoms with Crippen LogP contribution in [0.2, 0.25) is 0 Å². The molecule has 21 heavy (non-hydrogen) atoms. The van der Waals surface area contributed by atoms with E-state index in [0.717, 1.165) is 49.6 Å². The molecule has 1 aromatic carbocycles. The summed E-state index contributed by atoms with van der Waals surface area (Å²) >= 11 is 0. The molecule has 2 aromatic rings. The number of aryl methyl sites for hydroxylation is 1. The molecule has 1 aliphatic heterocycles. The lowest BCUT2D eigenvalue weighted by molar-refractivity contribution is 0.415. The number of nitrogens with two attached hydrogens (primary N) is 1. The molecule has 1 atom stereocenters. The first-order chi connectivity index (χ1) is 10.3. The van der Waals surface area contributed by atoms with E-state index in [1.165, 1.54) is 16.7 Å². The molecule has 1 unspecified atom stereocenters. The highest BCUT2D eigenvalue weighted by Crippen LogP contribution is 2.38. The monoisotopic (exact) mass is 284 g/mol. The Morgan fingerprint density at radius 3 is 3.05 bits per heavy atom. The van der Waals surface area contributed by atoms with Gasteiger partial charge in [0.15, 0.2) is 5.82 Å². The van der Waals surface area contributed by atoms with E-state index < -0.39 is 0 Å². The van der Waals surface area contributed by atoms with Gasteiger partial charge in [-0.05, 0) is 37.0 Å². The zero-order valence-electron chi connectivity index (χ0n) is 12.2. The number of methoxy groups -OCH3 is 1. The zero-order valence-corrected chi connectivity index (χ0v) is 12.2. The number of aromatic nitrogens is 2. The second-order valence-electron chi connectivity index (χ2n) is 5.92. The van der Waals surface area contributed by atoms with Crippen molar-refractivity contribution in [3.05, 3.63) is 29.3 Å². The molecular weight excluding hydrogens is 264 g/mol. The fourth-order valence-electron chi connectivity index (χ4n) is 3.45. The molecular formula is C16H20N4O. The fourth-order valence-corrected chi connectivity index (χ4v) is 3.45. The molecule has 1 fully saturated rings. The lowest BCUT2D eigenvalue weighted by atomic mass is 9.89. The van der Waals surface area contributed by atoms with Crippen LogP contribution in [0.15, 0.2) is 18.2 Å². The number of nitrogens with zero attached hydrogens (tertiary/aromatic N) is 2. The number of H-pyrrole nitrogens is 1. The number of rotatable bonds is 2. The largest absolute Gasteiger partial charge is 0.497 e. The van der Waals surface area contributed by atoms with E-state index in [-0.39, 0.29) is 6.04 Å². The van der Waals surface area contributed by atoms with E-state index in [4.69, 9.17) is 10.5 Å². The van der Waals surface area contributed by atoms with Gasteiger partial charge in [0.1, 0.15) is 5.75 Å². The first-order valence-corrected chi connectivity index (χ1v) is 7.51. The summed E-state index contributed by atoms with van der Waals surface area (Å²) in [6.07, 6.45) is 3.14. The van der Waals surface area contributed by atoms with Crippen LogP contribution in [0, 0.1) is 0 Å². The van der Waals surface area contributed by atoms with E-state index in [0.29, 0.717) is 0 Å². The predicted octanol–water partition coefficient (Wildman–Crippen LogP) is 1.72. The van der Waals surface area contributed by atoms with Gasteiger partial charge in [-0.15, -0.1) is 0 Å². The predicted molar refractivity (Wildman–Crippen MR) is 82.8 cm³/mol. The first kappa shape index (κ1) is 12.7. The molecule has 1 saturated heterocycles. The molecule has 2 aliphatic rings. The molecule has 1 aliphatic carbocycles. The molecule has 0 radical (unpaired) electrons. The Morgan fingerprint density at radius 1 is 1.38 bits per heavy atom. The molecule has 0 amide bonds. The van der Waals surface area contributed by atoms with Crippen LogP contribution in [-0.4, -0.2) is 36.4 Å². The number of hydrogen-bond donors (Lipinski definition) is 2. The first-order valence-electron chi connectivity index (χ1n) is 7.51. The Hall–Kier alpha value is -2.01. The van der Waals surface area contributed by atoms with Crippen LogP contribution in [0.3, 0.4) is 0 Å². The van der Waals surface area contributed by atoms with Gasteiger partial charge in [0.25, 0.3) is 0 Å². The lowest BCUT2D eigenvalue weighted by Crippen LogP contribution is -2.27. The maximum Gasteiger partial charge on any atom is 0.154 e. The third kappa shape index (κ3) is 2.00. The number of hydrogen-bond acceptors (Lipinski definition) is 4. The van der Waals surface area contributed by atoms with Gasteiger partial charge >= 0.3 is 0 Å². The van der Waals surface area contributed by atoms with Crippen molar-refractivity contribution in [3.63, 3.8) is 0 Å². The third-order valence-electron chi connectivity index (χ3n) is 4.60. The van der Waals surface area contributed by atoms with Crippen LogP contribution in [0.4, 0.5) is 5.82 Å². The maximum atomic E-state index is 6.03. The summed E-state index contributed by atoms with van der Waals surface area (Å²) < 4.78 is 5.35. The summed E-state index contributed by atoms with van der Waals surface area (Å²) in [6, 6.07) is 6.56. The van der Waals surface area contributed by atoms with Gasteiger partial charge in [-0.25, -0.2) is 0 Å². The molecule has 2 heterocycles. The van der Waals surface area contributed by atoms with Gasteiger partial charge in [0, 0.05) is 30.3 Å². The van der Waals surface area contributed by atoms with Crippen LogP contribution < -0.4 is 15.4 Å². The maximum absolute atomic E-state index is 6.03. The van der Waals surface area contributed by atoms with Gasteiger partial charge in [0.2, 0.25) is 0 Å². The molecule has 0 saturated carbocycles. The summed E-state index contributed by atoms with van der Waals surface area (Å²) in [5.74, 6) is 1.98. The van der Waals surface area contributed by atoms with Gasteiger partial charge in [-0.1, -0.05) is 6.07 Å². The van der Waals surface area contributed by atoms with E-state index in [2.05, 4.69) is 27.2 Å². The summed E-state index contributed by atoms with van der Waals surface area (Å²) in [5, 5.41) is 7.81. The molecule has 0 bridgehead atoms. The average Bonchev–Trinajstić information content (AvgIpc) is 3.12. The van der Waals surface area contributed by atoms with Gasteiger partial charge in [-0.3, -0.25) is 5.10 Å². The quantitative estimate of drug-likeness (QED) is 0.881. The molecule has 5 nitrogen and oxygen atoms in total. The Labute approximate surface area is 124 Å². The smallest absolute Gasteiger partial charge is 0.154 e. The van der Waals surface area contributed by atoms with E-state index in [1.807, 2.05) is 6.07 Å². The van der Waals surface area contributed by atoms with Gasteiger partial charge in [-0.2, -0.15) is 5.10 Å². The van der Waals surface area contributed by atoms with E-state index >= 15 is 0 Å². The van der Waals surface area contributed by atoms with Gasteiger partial charge in [0.05, 0.1) is 12.8 Å². The molecule has 0 spiro atoms. The number of benzene rings is 1. The van der Waals surface area contributed by atoms with Crippen molar-refractivity contribution in [2.45, 2.75) is 25.3 Å². The number of nitrogens with one attached hydrogen (secondary N) is 1. The molecule has 110 valence electrons. The third-order valence-corrected chi connectivity index (χ3v) is 4.60. The molecule has 4 rings (SSSR count). The summed E-state index contributed by atoms with van der Waals surface area (Å²) in [5.41, 5.74) is 11.1. The lowest BCUT2D eigenvalue weighted by Gasteiger charge is -2.21. The van der Waals surface area contributed by atoms with Crippen molar-refractivity contribution in [2.24, 2.45) is 5.73 Å². The number of aromatic amines is 1. The summed E-state index contributed by atoms with van der Waals surface area (Å²) in [7, 11) is 1.70. The van der Waals surface area contributed by atoms with Crippen LogP contribution in [0.25, 0.3) is 11.3 Å². The number of anilines is 1. The van der Waals surface area contributed by atoms with Crippen molar-refractivity contribution < 1.29 is 4.74 Å². The highest BCUT2D eigenvalue weighted by atomic mass is 16.5. The number of fused-ring (bicyclic) bond motifs is 3. The molecule has 3 N–H and O–H groups in total. The van der Waals surface area contributed by atoms with Crippen molar-refractivity contribution in [3.8, 4) is 17.0 Å². The Kier molecular flexibility index (Phi) is 2.89. The summed E-state index contributed by atoms with van der Waals surface area (Å²) in [6.45, 7) is 1.91. The highest BCUT2D eigenvalue weighted by molar-refractivity contribution is 5.75. The van der Waals surface area contributed by atoms with Gasteiger partial charge < -0.3 is 15.4 Å². The average molecular weight is 284 g/mol. The van der Waals surface area contributed by atoms with E-state index in [9.17, 15) is 0 Å². The minimum absolute atomic E-state index is 0.272. The SMILES string of the molecule is COc1ccc2c(c1)-c1[nH]nc(N3CCC(N)C3)c1CC2. The minimum Gasteiger partial charge on any atom is -0.497 e. The van der Waals surface area contributed by atoms with Crippen LogP contribution in [-0.2, 0) is 12.8 Å². The van der Waals surface area contributed by atoms with Crippen molar-refractivity contribution in [1.29, 1.82) is 0 Å². The van der Waals surface area contributed by atoms with Crippen molar-refractivity contribution in [1.82, 2.24) is 10.2 Å². The Bertz CT molecular complexity index is 679. The summed E-state index contributed by atoms with van der Waals surface area (Å²) in [4.78, 5) is 2.31. The van der Waals surface area contributed by atoms with E-state index in [1.54, 1.807) is 7.11 Å². The molecule has 5 heteroatoms. The minimum atomic E-state index is 0.272. The van der Waals surface area contributed by atoms with Crippen molar-refractivity contribution in [2.75, 3.05) is 25.1 Å². The van der Waals surface area contributed by atoms with Crippen LogP contribution in [0.1, 0.15) is 17.5 Å². The van der Waals surface area contributed by atoms with Crippen LogP contribution >= 0.6 is 0 Å². The topological polar surface area (TPSA) is 67.2 Å². The molecule has 1 aromatic heterocycles. The Balaban J connectivity index is 1.76. The highest BCUT2D eigenvalue weighted by Gasteiger charge is 2.28. The Morgan fingerprint density at radius 2 is 2.29 bits per heavy atom. The second-order valence-corrected chi connectivity index (χ2v) is 5.92. The standard InChI is InChI=1S/C16H20N4O/c1-21-12-4-2-10-3-5-13-15(14(10)8-12)18-19-16(13)20-7-6-11(17)9-20/h2,4,8,11H,3,5-7,9,17H2,1H3,(H,18,19). The fraction of sp³-hybridized carbons (Fsp3) is 0.438.